The molecule has 0 aromatic rings. The molecule has 1 heteroatoms. The highest BCUT2D eigenvalue weighted by Crippen LogP contribution is 2.53. The van der Waals surface area contributed by atoms with Crippen LogP contribution >= 0.6 is 0 Å². The standard InChI is InChI=1S/C24H40O/c1-3-5-6-7-8-9-11-19-14-15-21-18-23-20(17-22(19)21)12-10-13-24(23)25-16-4-2/h10,12-13,19-23H,3-9,11,14-18H2,1-2H3/t19-,20?,21+,22+,23?/m0/s1. The average Bonchev–Trinajstić information content (AvgIpc) is 3.03. The van der Waals surface area contributed by atoms with Crippen LogP contribution in [0.25, 0.3) is 0 Å². The molecule has 0 aromatic carbocycles. The molecule has 142 valence electrons. The third-order valence-electron chi connectivity index (χ3n) is 7.12. The van der Waals surface area contributed by atoms with Crippen LogP contribution < -0.4 is 0 Å². The van der Waals surface area contributed by atoms with E-state index in [1.165, 1.54) is 76.4 Å². The molecule has 2 saturated carbocycles. The second kappa shape index (κ2) is 9.83. The molecule has 3 aliphatic carbocycles. The summed E-state index contributed by atoms with van der Waals surface area (Å²) in [6.45, 7) is 5.40. The fourth-order valence-electron chi connectivity index (χ4n) is 5.78. The van der Waals surface area contributed by atoms with Gasteiger partial charge in [0, 0.05) is 5.92 Å². The number of fused-ring (bicyclic) bond motifs is 2. The summed E-state index contributed by atoms with van der Waals surface area (Å²) in [7, 11) is 0. The van der Waals surface area contributed by atoms with E-state index < -0.39 is 0 Å². The highest BCUT2D eigenvalue weighted by molar-refractivity contribution is 5.21. The number of hydrogen-bond donors (Lipinski definition) is 0. The molecule has 25 heavy (non-hydrogen) atoms. The molecule has 1 nitrogen and oxygen atoms in total. The van der Waals surface area contributed by atoms with Crippen molar-refractivity contribution in [1.29, 1.82) is 0 Å². The summed E-state index contributed by atoms with van der Waals surface area (Å²) in [5, 5.41) is 0. The molecule has 0 bridgehead atoms. The summed E-state index contributed by atoms with van der Waals surface area (Å²) in [6.07, 6.45) is 24.1. The molecule has 0 N–H and O–H groups in total. The molecule has 5 atom stereocenters. The minimum absolute atomic E-state index is 0.686. The Hall–Kier alpha value is -0.720. The van der Waals surface area contributed by atoms with Crippen molar-refractivity contribution in [2.24, 2.45) is 29.6 Å². The SMILES string of the molecule is CCCCCCCC[C@H]1CC[C@@H]2CC3C(OCCC)=CC=CC3C[C@H]12. The van der Waals surface area contributed by atoms with Crippen molar-refractivity contribution in [3.05, 3.63) is 24.0 Å². The highest BCUT2D eigenvalue weighted by Gasteiger charge is 2.44. The van der Waals surface area contributed by atoms with E-state index in [4.69, 9.17) is 4.74 Å². The normalized spacial score (nSPS) is 33.7. The van der Waals surface area contributed by atoms with Crippen LogP contribution in [0, 0.1) is 29.6 Å². The van der Waals surface area contributed by atoms with Crippen LogP contribution in [0.4, 0.5) is 0 Å². The van der Waals surface area contributed by atoms with Crippen molar-refractivity contribution >= 4 is 0 Å². The Labute approximate surface area is 156 Å². The van der Waals surface area contributed by atoms with Crippen LogP contribution in [0.15, 0.2) is 24.0 Å². The van der Waals surface area contributed by atoms with E-state index in [1.807, 2.05) is 0 Å². The Bertz CT molecular complexity index is 449. The second-order valence-corrected chi connectivity index (χ2v) is 8.86. The first-order valence-corrected chi connectivity index (χ1v) is 11.3. The number of allylic oxidation sites excluding steroid dienone is 4. The summed E-state index contributed by atoms with van der Waals surface area (Å²) in [6, 6.07) is 0. The quantitative estimate of drug-likeness (QED) is 0.378. The van der Waals surface area contributed by atoms with Crippen molar-refractivity contribution in [1.82, 2.24) is 0 Å². The van der Waals surface area contributed by atoms with Crippen molar-refractivity contribution in [2.45, 2.75) is 90.9 Å². The van der Waals surface area contributed by atoms with E-state index in [0.29, 0.717) is 5.92 Å². The molecule has 3 rings (SSSR count). The summed E-state index contributed by atoms with van der Waals surface area (Å²) < 4.78 is 6.10. The van der Waals surface area contributed by atoms with Gasteiger partial charge in [-0.05, 0) is 61.9 Å². The molecule has 0 heterocycles. The second-order valence-electron chi connectivity index (χ2n) is 8.86. The summed E-state index contributed by atoms with van der Waals surface area (Å²) in [5.74, 6) is 5.75. The minimum atomic E-state index is 0.686. The van der Waals surface area contributed by atoms with Crippen molar-refractivity contribution in [2.75, 3.05) is 6.61 Å². The summed E-state index contributed by atoms with van der Waals surface area (Å²) in [4.78, 5) is 0. The predicted molar refractivity (Wildman–Crippen MR) is 107 cm³/mol. The van der Waals surface area contributed by atoms with Crippen LogP contribution in [0.2, 0.25) is 0 Å². The molecule has 0 aliphatic heterocycles. The molecule has 0 saturated heterocycles. The van der Waals surface area contributed by atoms with Crippen LogP contribution in [-0.2, 0) is 4.74 Å². The van der Waals surface area contributed by atoms with Gasteiger partial charge in [-0.3, -0.25) is 0 Å². The highest BCUT2D eigenvalue weighted by atomic mass is 16.5. The average molecular weight is 345 g/mol. The smallest absolute Gasteiger partial charge is 0.0996 e. The van der Waals surface area contributed by atoms with Gasteiger partial charge in [0.1, 0.15) is 0 Å². The fourth-order valence-corrected chi connectivity index (χ4v) is 5.78. The predicted octanol–water partition coefficient (Wildman–Crippen LogP) is 7.29. The first-order valence-electron chi connectivity index (χ1n) is 11.3. The van der Waals surface area contributed by atoms with E-state index in [2.05, 4.69) is 32.1 Å². The molecule has 0 spiro atoms. The van der Waals surface area contributed by atoms with E-state index in [-0.39, 0.29) is 0 Å². The van der Waals surface area contributed by atoms with Crippen LogP contribution in [0.5, 0.6) is 0 Å². The van der Waals surface area contributed by atoms with Gasteiger partial charge in [0.2, 0.25) is 0 Å². The zero-order valence-electron chi connectivity index (χ0n) is 16.7. The minimum Gasteiger partial charge on any atom is -0.498 e. The molecular formula is C24H40O. The van der Waals surface area contributed by atoms with Crippen molar-refractivity contribution in [3.63, 3.8) is 0 Å². The lowest BCUT2D eigenvalue weighted by Gasteiger charge is -2.41. The maximum absolute atomic E-state index is 6.10. The zero-order valence-corrected chi connectivity index (χ0v) is 16.7. The lowest BCUT2D eigenvalue weighted by atomic mass is 9.65. The first-order chi connectivity index (χ1) is 12.3. The third kappa shape index (κ3) is 4.92. The van der Waals surface area contributed by atoms with E-state index >= 15 is 0 Å². The fraction of sp³-hybridized carbons (Fsp3) is 0.833. The Kier molecular flexibility index (Phi) is 7.49. The van der Waals surface area contributed by atoms with Gasteiger partial charge in [0.15, 0.2) is 0 Å². The van der Waals surface area contributed by atoms with E-state index in [9.17, 15) is 0 Å². The largest absolute Gasteiger partial charge is 0.498 e. The molecule has 0 aromatic heterocycles. The monoisotopic (exact) mass is 344 g/mol. The number of hydrogen-bond acceptors (Lipinski definition) is 1. The Morgan fingerprint density at radius 3 is 2.64 bits per heavy atom. The molecule has 2 unspecified atom stereocenters. The van der Waals surface area contributed by atoms with Gasteiger partial charge in [-0.2, -0.15) is 0 Å². The maximum atomic E-state index is 6.10. The van der Waals surface area contributed by atoms with Crippen LogP contribution in [0.1, 0.15) is 90.9 Å². The van der Waals surface area contributed by atoms with Gasteiger partial charge < -0.3 is 4.74 Å². The van der Waals surface area contributed by atoms with Crippen LogP contribution in [-0.4, -0.2) is 6.61 Å². The molecule has 2 fully saturated rings. The number of rotatable bonds is 10. The Morgan fingerprint density at radius 1 is 0.960 bits per heavy atom. The summed E-state index contributed by atoms with van der Waals surface area (Å²) in [5.41, 5.74) is 0. The lowest BCUT2D eigenvalue weighted by Crippen LogP contribution is -2.33. The van der Waals surface area contributed by atoms with Crippen molar-refractivity contribution in [3.8, 4) is 0 Å². The molecule has 3 aliphatic rings. The number of ether oxygens (including phenoxy) is 1. The molecule has 0 amide bonds. The topological polar surface area (TPSA) is 9.23 Å². The van der Waals surface area contributed by atoms with Gasteiger partial charge in [0.05, 0.1) is 12.4 Å². The first kappa shape index (κ1) is 19.1. The Balaban J connectivity index is 1.46. The summed E-state index contributed by atoms with van der Waals surface area (Å²) >= 11 is 0. The van der Waals surface area contributed by atoms with Crippen molar-refractivity contribution < 1.29 is 4.74 Å². The molecular weight excluding hydrogens is 304 g/mol. The maximum Gasteiger partial charge on any atom is 0.0996 e. The van der Waals surface area contributed by atoms with E-state index in [1.54, 1.807) is 0 Å². The van der Waals surface area contributed by atoms with Gasteiger partial charge >= 0.3 is 0 Å². The Morgan fingerprint density at radius 2 is 1.80 bits per heavy atom. The van der Waals surface area contributed by atoms with Crippen LogP contribution in [0.3, 0.4) is 0 Å². The third-order valence-corrected chi connectivity index (χ3v) is 7.12. The number of unbranched alkanes of at least 4 members (excludes halogenated alkanes) is 5. The van der Waals surface area contributed by atoms with Gasteiger partial charge in [-0.1, -0.05) is 70.9 Å². The lowest BCUT2D eigenvalue weighted by molar-refractivity contribution is 0.0895. The van der Waals surface area contributed by atoms with Gasteiger partial charge in [-0.25, -0.2) is 0 Å². The van der Waals surface area contributed by atoms with Gasteiger partial charge in [-0.15, -0.1) is 0 Å². The van der Waals surface area contributed by atoms with E-state index in [0.717, 1.165) is 36.7 Å². The zero-order chi connectivity index (χ0) is 17.5. The molecule has 0 radical (unpaired) electrons. The van der Waals surface area contributed by atoms with Gasteiger partial charge in [0.25, 0.3) is 0 Å².